The van der Waals surface area contributed by atoms with Crippen LogP contribution in [-0.2, 0) is 9.53 Å². The molecule has 2 rings (SSSR count). The van der Waals surface area contributed by atoms with Gasteiger partial charge in [0.1, 0.15) is 0 Å². The van der Waals surface area contributed by atoms with E-state index < -0.39 is 0 Å². The molecule has 84 valence electrons. The van der Waals surface area contributed by atoms with Gasteiger partial charge in [0, 0.05) is 36.7 Å². The maximum atomic E-state index is 11.4. The van der Waals surface area contributed by atoms with Crippen LogP contribution >= 0.6 is 11.3 Å². The molecule has 0 spiro atoms. The van der Waals surface area contributed by atoms with Crippen LogP contribution < -0.4 is 5.32 Å². The van der Waals surface area contributed by atoms with E-state index in [4.69, 9.17) is 4.74 Å². The van der Waals surface area contributed by atoms with Crippen LogP contribution in [0.25, 0.3) is 0 Å². The van der Waals surface area contributed by atoms with Gasteiger partial charge in [-0.1, -0.05) is 0 Å². The summed E-state index contributed by atoms with van der Waals surface area (Å²) in [5.41, 5.74) is 0. The van der Waals surface area contributed by atoms with E-state index in [1.807, 2.05) is 0 Å². The Kier molecular flexibility index (Phi) is 3.66. The molecule has 16 heavy (non-hydrogen) atoms. The minimum atomic E-state index is -0.230. The fourth-order valence-corrected chi connectivity index (χ4v) is 1.69. The highest BCUT2D eigenvalue weighted by Crippen LogP contribution is 2.09. The number of carbonyl (C=O) groups excluding carboxylic acids is 1. The normalized spacial score (nSPS) is 15.6. The van der Waals surface area contributed by atoms with Gasteiger partial charge in [-0.3, -0.25) is 15.1 Å². The molecule has 0 saturated heterocycles. The Morgan fingerprint density at radius 1 is 1.62 bits per heavy atom. The number of thiazole rings is 1. The molecular formula is C10H11N3O2S. The smallest absolute Gasteiger partial charge is 0.250 e. The highest BCUT2D eigenvalue weighted by molar-refractivity contribution is 7.13. The number of aromatic nitrogens is 1. The maximum absolute atomic E-state index is 11.4. The summed E-state index contributed by atoms with van der Waals surface area (Å²) in [5, 5.41) is 5.02. The Bertz CT molecular complexity index is 412. The Balaban J connectivity index is 1.87. The second kappa shape index (κ2) is 5.41. The van der Waals surface area contributed by atoms with E-state index in [1.165, 1.54) is 17.4 Å². The summed E-state index contributed by atoms with van der Waals surface area (Å²) in [4.78, 5) is 19.5. The number of carbonyl (C=O) groups is 1. The van der Waals surface area contributed by atoms with E-state index in [9.17, 15) is 4.79 Å². The van der Waals surface area contributed by atoms with Crippen molar-refractivity contribution in [2.24, 2.45) is 4.99 Å². The summed E-state index contributed by atoms with van der Waals surface area (Å²) < 4.78 is 5.23. The number of anilines is 1. The molecule has 1 aliphatic heterocycles. The van der Waals surface area contributed by atoms with Crippen LogP contribution in [0.4, 0.5) is 5.13 Å². The monoisotopic (exact) mass is 237 g/mol. The van der Waals surface area contributed by atoms with Crippen LogP contribution in [0.2, 0.25) is 0 Å². The Morgan fingerprint density at radius 3 is 3.25 bits per heavy atom. The molecule has 1 aromatic heterocycles. The van der Waals surface area contributed by atoms with Gasteiger partial charge in [0.15, 0.2) is 5.13 Å². The summed E-state index contributed by atoms with van der Waals surface area (Å²) in [5.74, 6) is 0.285. The number of amides is 1. The lowest BCUT2D eigenvalue weighted by molar-refractivity contribution is -0.111. The molecule has 0 aromatic carbocycles. The van der Waals surface area contributed by atoms with Crippen molar-refractivity contribution in [3.63, 3.8) is 0 Å². The topological polar surface area (TPSA) is 63.6 Å². The summed E-state index contributed by atoms with van der Waals surface area (Å²) in [7, 11) is 0. The average molecular weight is 237 g/mol. The molecule has 0 unspecified atom stereocenters. The molecule has 0 bridgehead atoms. The van der Waals surface area contributed by atoms with E-state index in [2.05, 4.69) is 15.3 Å². The molecule has 1 aliphatic rings. The predicted octanol–water partition coefficient (Wildman–Crippen LogP) is 1.46. The number of ether oxygens (including phenoxy) is 1. The summed E-state index contributed by atoms with van der Waals surface area (Å²) in [6.07, 6.45) is 5.54. The Labute approximate surface area is 96.9 Å². The third kappa shape index (κ3) is 3.16. The lowest BCUT2D eigenvalue weighted by atomic mass is 10.4. The summed E-state index contributed by atoms with van der Waals surface area (Å²) in [6.45, 7) is 1.42. The minimum absolute atomic E-state index is 0.230. The highest BCUT2D eigenvalue weighted by atomic mass is 32.1. The average Bonchev–Trinajstić information content (AvgIpc) is 2.81. The number of nitrogens with zero attached hydrogens (tertiary/aromatic N) is 2. The van der Waals surface area contributed by atoms with Crippen LogP contribution in [0.15, 0.2) is 28.7 Å². The van der Waals surface area contributed by atoms with Crippen LogP contribution in [0, 0.1) is 0 Å². The largest absolute Gasteiger partial charge is 0.478 e. The third-order valence-electron chi connectivity index (χ3n) is 1.86. The fraction of sp³-hybridized carbons (Fsp3) is 0.300. The minimum Gasteiger partial charge on any atom is -0.478 e. The van der Waals surface area contributed by atoms with Crippen LogP contribution in [0.5, 0.6) is 0 Å². The first-order valence-electron chi connectivity index (χ1n) is 4.90. The van der Waals surface area contributed by atoms with Crippen LogP contribution in [0.1, 0.15) is 6.42 Å². The number of aliphatic imine (C=N–C) groups is 1. The van der Waals surface area contributed by atoms with E-state index in [1.54, 1.807) is 17.7 Å². The van der Waals surface area contributed by atoms with Gasteiger partial charge in [0.2, 0.25) is 11.8 Å². The molecule has 1 amide bonds. The second-order valence-corrected chi connectivity index (χ2v) is 3.98. The second-order valence-electron chi connectivity index (χ2n) is 3.08. The lowest BCUT2D eigenvalue weighted by Gasteiger charge is -2.09. The molecule has 0 aliphatic carbocycles. The first-order chi connectivity index (χ1) is 7.84. The van der Waals surface area contributed by atoms with Gasteiger partial charge in [0.05, 0.1) is 6.61 Å². The predicted molar refractivity (Wildman–Crippen MR) is 62.8 cm³/mol. The SMILES string of the molecule is O=C(/C=C/C1=NCCCO1)Nc1nccs1. The molecule has 2 heterocycles. The molecular weight excluding hydrogens is 226 g/mol. The van der Waals surface area contributed by atoms with Crippen molar-refractivity contribution in [3.8, 4) is 0 Å². The first-order valence-corrected chi connectivity index (χ1v) is 5.78. The van der Waals surface area contributed by atoms with E-state index in [-0.39, 0.29) is 5.91 Å². The number of hydrogen-bond donors (Lipinski definition) is 1. The van der Waals surface area contributed by atoms with Gasteiger partial charge in [-0.25, -0.2) is 4.98 Å². The lowest BCUT2D eigenvalue weighted by Crippen LogP contribution is -2.13. The van der Waals surface area contributed by atoms with E-state index in [0.29, 0.717) is 17.6 Å². The number of hydrogen-bond acceptors (Lipinski definition) is 5. The molecule has 0 saturated carbocycles. The van der Waals surface area contributed by atoms with Crippen LogP contribution in [0.3, 0.4) is 0 Å². The highest BCUT2D eigenvalue weighted by Gasteiger charge is 2.03. The van der Waals surface area contributed by atoms with Gasteiger partial charge < -0.3 is 4.74 Å². The van der Waals surface area contributed by atoms with Gasteiger partial charge >= 0.3 is 0 Å². The quantitative estimate of drug-likeness (QED) is 0.809. The van der Waals surface area contributed by atoms with Crippen molar-refractivity contribution in [1.82, 2.24) is 4.98 Å². The van der Waals surface area contributed by atoms with Gasteiger partial charge in [-0.05, 0) is 0 Å². The standard InChI is InChI=1S/C10H11N3O2S/c14-8(13-10-12-5-7-16-10)2-3-9-11-4-1-6-15-9/h2-3,5,7H,1,4,6H2,(H,12,13,14)/b3-2+. The summed E-state index contributed by atoms with van der Waals surface area (Å²) in [6, 6.07) is 0. The molecule has 1 N–H and O–H groups in total. The van der Waals surface area contributed by atoms with E-state index in [0.717, 1.165) is 13.0 Å². The van der Waals surface area contributed by atoms with E-state index >= 15 is 0 Å². The Hall–Kier alpha value is -1.69. The van der Waals surface area contributed by atoms with Gasteiger partial charge in [0.25, 0.3) is 0 Å². The van der Waals surface area contributed by atoms with Crippen molar-refractivity contribution in [2.45, 2.75) is 6.42 Å². The van der Waals surface area contributed by atoms with Crippen molar-refractivity contribution in [3.05, 3.63) is 23.7 Å². The van der Waals surface area contributed by atoms with Crippen molar-refractivity contribution < 1.29 is 9.53 Å². The fourth-order valence-electron chi connectivity index (χ4n) is 1.16. The molecule has 0 fully saturated rings. The first kappa shape index (κ1) is 10.8. The van der Waals surface area contributed by atoms with Gasteiger partial charge in [-0.2, -0.15) is 0 Å². The molecule has 5 nitrogen and oxygen atoms in total. The van der Waals surface area contributed by atoms with Crippen molar-refractivity contribution in [2.75, 3.05) is 18.5 Å². The molecule has 0 radical (unpaired) electrons. The molecule has 6 heteroatoms. The zero-order valence-corrected chi connectivity index (χ0v) is 9.37. The zero-order valence-electron chi connectivity index (χ0n) is 8.55. The van der Waals surface area contributed by atoms with Crippen molar-refractivity contribution in [1.29, 1.82) is 0 Å². The molecule has 0 atom stereocenters. The van der Waals surface area contributed by atoms with Crippen molar-refractivity contribution >= 4 is 28.3 Å². The third-order valence-corrected chi connectivity index (χ3v) is 2.55. The summed E-state index contributed by atoms with van der Waals surface area (Å²) >= 11 is 1.37. The molecule has 1 aromatic rings. The zero-order chi connectivity index (χ0) is 11.2. The number of nitrogens with one attached hydrogen (secondary N) is 1. The Morgan fingerprint density at radius 2 is 2.56 bits per heavy atom. The maximum Gasteiger partial charge on any atom is 0.250 e. The van der Waals surface area contributed by atoms with Crippen LogP contribution in [-0.4, -0.2) is 29.9 Å². The number of rotatable bonds is 3. The van der Waals surface area contributed by atoms with Gasteiger partial charge in [-0.15, -0.1) is 11.3 Å².